The van der Waals surface area contributed by atoms with Crippen LogP contribution < -0.4 is 4.31 Å². The Morgan fingerprint density at radius 3 is 2.23 bits per heavy atom. The average molecular weight is 367 g/mol. The van der Waals surface area contributed by atoms with Crippen LogP contribution >= 0.6 is 0 Å². The summed E-state index contributed by atoms with van der Waals surface area (Å²) in [5.74, 6) is -0.455. The number of anilines is 1. The Bertz CT molecular complexity index is 1110. The van der Waals surface area contributed by atoms with E-state index in [2.05, 4.69) is 0 Å². The third-order valence-corrected chi connectivity index (χ3v) is 6.48. The summed E-state index contributed by atoms with van der Waals surface area (Å²) in [5, 5.41) is 0. The summed E-state index contributed by atoms with van der Waals surface area (Å²) in [6, 6.07) is 17.0. The van der Waals surface area contributed by atoms with E-state index < -0.39 is 15.8 Å². The van der Waals surface area contributed by atoms with Crippen molar-refractivity contribution in [2.45, 2.75) is 25.3 Å². The van der Waals surface area contributed by atoms with Crippen molar-refractivity contribution in [1.29, 1.82) is 0 Å². The molecule has 3 aromatic carbocycles. The fourth-order valence-electron chi connectivity index (χ4n) is 3.35. The zero-order valence-electron chi connectivity index (χ0n) is 14.5. The minimum Gasteiger partial charge on any atom is -0.261 e. The van der Waals surface area contributed by atoms with Gasteiger partial charge in [0.2, 0.25) is 0 Å². The number of benzene rings is 3. The molecule has 3 nitrogen and oxygen atoms in total. The van der Waals surface area contributed by atoms with Gasteiger partial charge in [0.05, 0.1) is 17.1 Å². The molecule has 0 spiro atoms. The molecule has 0 radical (unpaired) electrons. The van der Waals surface area contributed by atoms with Gasteiger partial charge in [-0.1, -0.05) is 41.5 Å². The molecule has 0 unspecified atom stereocenters. The van der Waals surface area contributed by atoms with E-state index in [1.165, 1.54) is 16.4 Å². The van der Waals surface area contributed by atoms with E-state index in [-0.39, 0.29) is 11.4 Å². The van der Waals surface area contributed by atoms with Gasteiger partial charge in [-0.3, -0.25) is 4.31 Å². The van der Waals surface area contributed by atoms with Crippen LogP contribution in [-0.4, -0.2) is 8.42 Å². The number of halogens is 1. The molecule has 132 valence electrons. The van der Waals surface area contributed by atoms with Gasteiger partial charge in [-0.15, -0.1) is 0 Å². The molecule has 0 saturated carbocycles. The molecule has 0 aliphatic carbocycles. The van der Waals surface area contributed by atoms with Gasteiger partial charge in [0.1, 0.15) is 5.82 Å². The lowest BCUT2D eigenvalue weighted by molar-refractivity contribution is 0.589. The zero-order chi connectivity index (χ0) is 18.5. The summed E-state index contributed by atoms with van der Waals surface area (Å²) in [6.07, 6.45) is 0. The standard InChI is InChI=1S/C21H18FNO2S/c1-14-3-7-18(8-4-14)26(24,25)23-13-16-11-15(2)5-9-19(16)20-10-6-17(22)12-21(20)23/h3-12H,13H2,1-2H3. The first-order valence-electron chi connectivity index (χ1n) is 8.35. The first-order chi connectivity index (χ1) is 12.4. The molecule has 3 aromatic rings. The molecule has 1 aliphatic rings. The van der Waals surface area contributed by atoms with Gasteiger partial charge in [-0.2, -0.15) is 0 Å². The largest absolute Gasteiger partial charge is 0.264 e. The molecule has 5 heteroatoms. The second-order valence-electron chi connectivity index (χ2n) is 6.65. The fraction of sp³-hybridized carbons (Fsp3) is 0.143. The summed E-state index contributed by atoms with van der Waals surface area (Å²) in [6.45, 7) is 4.06. The van der Waals surface area contributed by atoms with Crippen LogP contribution in [-0.2, 0) is 16.6 Å². The van der Waals surface area contributed by atoms with Gasteiger partial charge >= 0.3 is 0 Å². The predicted octanol–water partition coefficient (Wildman–Crippen LogP) is 4.82. The maximum Gasteiger partial charge on any atom is 0.264 e. The van der Waals surface area contributed by atoms with Crippen LogP contribution in [0.3, 0.4) is 0 Å². The lowest BCUT2D eigenvalue weighted by Gasteiger charge is -2.32. The van der Waals surface area contributed by atoms with Crippen LogP contribution in [0.15, 0.2) is 65.6 Å². The smallest absolute Gasteiger partial charge is 0.261 e. The fourth-order valence-corrected chi connectivity index (χ4v) is 4.80. The molecule has 0 N–H and O–H groups in total. The zero-order valence-corrected chi connectivity index (χ0v) is 15.3. The van der Waals surface area contributed by atoms with E-state index in [9.17, 15) is 12.8 Å². The minimum atomic E-state index is -3.80. The Kier molecular flexibility index (Phi) is 3.84. The number of nitrogens with zero attached hydrogens (tertiary/aromatic N) is 1. The molecule has 1 heterocycles. The summed E-state index contributed by atoms with van der Waals surface area (Å²) >= 11 is 0. The third kappa shape index (κ3) is 2.69. The van der Waals surface area contributed by atoms with Gasteiger partial charge in [0.25, 0.3) is 10.0 Å². The second kappa shape index (κ2) is 5.95. The van der Waals surface area contributed by atoms with Crippen molar-refractivity contribution < 1.29 is 12.8 Å². The van der Waals surface area contributed by atoms with Gasteiger partial charge in [-0.05, 0) is 55.3 Å². The molecule has 0 fully saturated rings. The monoisotopic (exact) mass is 367 g/mol. The van der Waals surface area contributed by atoms with E-state index in [1.807, 2.05) is 32.0 Å². The van der Waals surface area contributed by atoms with Crippen LogP contribution in [0.1, 0.15) is 16.7 Å². The predicted molar refractivity (Wildman–Crippen MR) is 101 cm³/mol. The van der Waals surface area contributed by atoms with Crippen molar-refractivity contribution in [2.24, 2.45) is 0 Å². The summed E-state index contributed by atoms with van der Waals surface area (Å²) in [4.78, 5) is 0.203. The number of hydrogen-bond donors (Lipinski definition) is 0. The van der Waals surface area contributed by atoms with E-state index in [0.29, 0.717) is 5.69 Å². The molecule has 0 atom stereocenters. The number of sulfonamides is 1. The van der Waals surface area contributed by atoms with Gasteiger partial charge in [-0.25, -0.2) is 12.8 Å². The molecule has 0 saturated heterocycles. The van der Waals surface area contributed by atoms with E-state index in [0.717, 1.165) is 27.8 Å². The maximum atomic E-state index is 13.9. The average Bonchev–Trinajstić information content (AvgIpc) is 2.61. The Balaban J connectivity index is 1.93. The Hall–Kier alpha value is -2.66. The van der Waals surface area contributed by atoms with Crippen LogP contribution in [0.25, 0.3) is 11.1 Å². The van der Waals surface area contributed by atoms with Crippen molar-refractivity contribution in [1.82, 2.24) is 0 Å². The quantitative estimate of drug-likeness (QED) is 0.651. The van der Waals surface area contributed by atoms with Gasteiger partial charge in [0, 0.05) is 5.56 Å². The van der Waals surface area contributed by atoms with Crippen molar-refractivity contribution in [3.63, 3.8) is 0 Å². The SMILES string of the molecule is Cc1ccc(S(=O)(=O)N2Cc3cc(C)ccc3-c3ccc(F)cc32)cc1. The molecule has 26 heavy (non-hydrogen) atoms. The lowest BCUT2D eigenvalue weighted by atomic mass is 9.93. The van der Waals surface area contributed by atoms with E-state index >= 15 is 0 Å². The van der Waals surface area contributed by atoms with Crippen LogP contribution in [0.5, 0.6) is 0 Å². The highest BCUT2D eigenvalue weighted by molar-refractivity contribution is 7.92. The number of aryl methyl sites for hydroxylation is 2. The lowest BCUT2D eigenvalue weighted by Crippen LogP contribution is -2.33. The van der Waals surface area contributed by atoms with E-state index in [1.54, 1.807) is 30.3 Å². The number of hydrogen-bond acceptors (Lipinski definition) is 2. The van der Waals surface area contributed by atoms with Crippen LogP contribution in [0, 0.1) is 19.7 Å². The molecule has 0 amide bonds. The third-order valence-electron chi connectivity index (χ3n) is 4.70. The highest BCUT2D eigenvalue weighted by Gasteiger charge is 2.32. The van der Waals surface area contributed by atoms with Crippen LogP contribution in [0.4, 0.5) is 10.1 Å². The second-order valence-corrected chi connectivity index (χ2v) is 8.51. The Morgan fingerprint density at radius 1 is 0.846 bits per heavy atom. The highest BCUT2D eigenvalue weighted by atomic mass is 32.2. The molecular formula is C21H18FNO2S. The van der Waals surface area contributed by atoms with Crippen molar-refractivity contribution >= 4 is 15.7 Å². The van der Waals surface area contributed by atoms with Gasteiger partial charge in [0.15, 0.2) is 0 Å². The molecular weight excluding hydrogens is 349 g/mol. The van der Waals surface area contributed by atoms with Gasteiger partial charge < -0.3 is 0 Å². The van der Waals surface area contributed by atoms with Crippen molar-refractivity contribution in [3.05, 3.63) is 83.2 Å². The molecule has 4 rings (SSSR count). The van der Waals surface area contributed by atoms with Crippen molar-refractivity contribution in [2.75, 3.05) is 4.31 Å². The Labute approximate surface area is 152 Å². The summed E-state index contributed by atoms with van der Waals surface area (Å²) in [5.41, 5.74) is 5.00. The number of fused-ring (bicyclic) bond motifs is 3. The van der Waals surface area contributed by atoms with Crippen molar-refractivity contribution in [3.8, 4) is 11.1 Å². The first-order valence-corrected chi connectivity index (χ1v) is 9.79. The molecule has 1 aliphatic heterocycles. The summed E-state index contributed by atoms with van der Waals surface area (Å²) in [7, 11) is -3.80. The first kappa shape index (κ1) is 16.8. The number of rotatable bonds is 2. The highest BCUT2D eigenvalue weighted by Crippen LogP contribution is 2.42. The summed E-state index contributed by atoms with van der Waals surface area (Å²) < 4.78 is 41.8. The molecule has 0 aromatic heterocycles. The topological polar surface area (TPSA) is 37.4 Å². The Morgan fingerprint density at radius 2 is 1.50 bits per heavy atom. The van der Waals surface area contributed by atoms with E-state index in [4.69, 9.17) is 0 Å². The maximum absolute atomic E-state index is 13.9. The normalized spacial score (nSPS) is 13.3. The van der Waals surface area contributed by atoms with Crippen LogP contribution in [0.2, 0.25) is 0 Å². The molecule has 0 bridgehead atoms. The minimum absolute atomic E-state index is 0.184.